The summed E-state index contributed by atoms with van der Waals surface area (Å²) in [6.07, 6.45) is 0.168. The molecule has 1 aromatic carbocycles. The van der Waals surface area contributed by atoms with Crippen molar-refractivity contribution >= 4 is 28.9 Å². The van der Waals surface area contributed by atoms with Crippen LogP contribution in [0.15, 0.2) is 29.1 Å². The third kappa shape index (κ3) is 6.62. The lowest BCUT2D eigenvalue weighted by Gasteiger charge is -2.31. The van der Waals surface area contributed by atoms with E-state index in [2.05, 4.69) is 5.32 Å². The maximum Gasteiger partial charge on any atom is 0.407 e. The summed E-state index contributed by atoms with van der Waals surface area (Å²) in [6.45, 7) is 9.74. The van der Waals surface area contributed by atoms with Crippen molar-refractivity contribution in [3.63, 3.8) is 0 Å². The summed E-state index contributed by atoms with van der Waals surface area (Å²) in [7, 11) is 0. The second-order valence-electron chi connectivity index (χ2n) is 12.1. The Balaban J connectivity index is 1.22. The molecule has 246 valence electrons. The van der Waals surface area contributed by atoms with Crippen molar-refractivity contribution < 1.29 is 43.2 Å². The van der Waals surface area contributed by atoms with E-state index in [4.69, 9.17) is 28.7 Å². The highest BCUT2D eigenvalue weighted by Crippen LogP contribution is 2.40. The van der Waals surface area contributed by atoms with Crippen LogP contribution in [0.2, 0.25) is 0 Å². The molecule has 5 rings (SSSR count). The van der Waals surface area contributed by atoms with Crippen LogP contribution < -0.4 is 15.6 Å². The summed E-state index contributed by atoms with van der Waals surface area (Å²) in [6, 6.07) is 6.82. The maximum absolute atomic E-state index is 13.5. The topological polar surface area (TPSA) is 165 Å². The van der Waals surface area contributed by atoms with Crippen LogP contribution >= 0.6 is 0 Å². The van der Waals surface area contributed by atoms with E-state index >= 15 is 0 Å². The fourth-order valence-electron chi connectivity index (χ4n) is 5.68. The molecule has 1 atom stereocenters. The third-order valence-electron chi connectivity index (χ3n) is 7.87. The molecule has 2 N–H and O–H groups in total. The average molecular weight is 638 g/mol. The molecule has 2 aromatic heterocycles. The second kappa shape index (κ2) is 13.2. The standard InChI is InChI=1S/C33H39N3O10/c1-6-20-21-14-19(45-27(37)18-43-13-12-42-11-10-34-31(40)46-32(3,4)5)8-9-25(21)35-28-22(20)16-36-26(28)15-24-23(29(36)38)17-44-30(39)33(24,41)7-2/h8-9,14-15,41H,6-7,10-13,16-18H2,1-5H3,(H,34,40)/t33-/m0/s1. The molecule has 2 aliphatic rings. The largest absolute Gasteiger partial charge is 0.458 e. The maximum atomic E-state index is 13.5. The van der Waals surface area contributed by atoms with Crippen molar-refractivity contribution in [1.29, 1.82) is 0 Å². The zero-order valence-corrected chi connectivity index (χ0v) is 26.7. The first-order chi connectivity index (χ1) is 21.9. The van der Waals surface area contributed by atoms with Gasteiger partial charge < -0.3 is 38.7 Å². The Hall–Kier alpha value is -4.33. The Morgan fingerprint density at radius 3 is 2.57 bits per heavy atom. The van der Waals surface area contributed by atoms with Gasteiger partial charge in [0, 0.05) is 23.1 Å². The zero-order valence-electron chi connectivity index (χ0n) is 26.7. The number of cyclic esters (lactones) is 1. The normalized spacial score (nSPS) is 16.8. The van der Waals surface area contributed by atoms with Crippen molar-refractivity contribution in [2.75, 3.05) is 33.0 Å². The molecule has 0 saturated heterocycles. The van der Waals surface area contributed by atoms with Gasteiger partial charge in [0.05, 0.1) is 48.8 Å². The third-order valence-corrected chi connectivity index (χ3v) is 7.87. The number of rotatable bonds is 11. The van der Waals surface area contributed by atoms with Gasteiger partial charge in [-0.3, -0.25) is 4.79 Å². The van der Waals surface area contributed by atoms with Gasteiger partial charge in [0.25, 0.3) is 5.56 Å². The van der Waals surface area contributed by atoms with E-state index in [-0.39, 0.29) is 69.2 Å². The summed E-state index contributed by atoms with van der Waals surface area (Å²) >= 11 is 0. The number of carbonyl (C=O) groups is 3. The number of benzene rings is 1. The molecule has 2 aliphatic heterocycles. The number of carbonyl (C=O) groups excluding carboxylic acids is 3. The monoisotopic (exact) mass is 637 g/mol. The first-order valence-corrected chi connectivity index (χ1v) is 15.3. The lowest BCUT2D eigenvalue weighted by atomic mass is 9.86. The van der Waals surface area contributed by atoms with Gasteiger partial charge in [-0.25, -0.2) is 19.4 Å². The Morgan fingerprint density at radius 2 is 1.85 bits per heavy atom. The lowest BCUT2D eigenvalue weighted by Crippen LogP contribution is -2.44. The molecular formula is C33H39N3O10. The first kappa shape index (κ1) is 33.0. The van der Waals surface area contributed by atoms with Crippen molar-refractivity contribution in [1.82, 2.24) is 14.9 Å². The number of aromatic nitrogens is 2. The number of hydrogen-bond donors (Lipinski definition) is 2. The van der Waals surface area contributed by atoms with Crippen LogP contribution in [0.4, 0.5) is 4.79 Å². The number of alkyl carbamates (subject to hydrolysis) is 1. The summed E-state index contributed by atoms with van der Waals surface area (Å²) in [4.78, 5) is 54.9. The molecular weight excluding hydrogens is 598 g/mol. The van der Waals surface area contributed by atoms with E-state index < -0.39 is 29.2 Å². The molecule has 0 fully saturated rings. The number of fused-ring (bicyclic) bond motifs is 5. The van der Waals surface area contributed by atoms with Crippen molar-refractivity contribution in [3.05, 3.63) is 56.9 Å². The minimum absolute atomic E-state index is 0.0648. The highest BCUT2D eigenvalue weighted by molar-refractivity contribution is 5.90. The molecule has 0 spiro atoms. The van der Waals surface area contributed by atoms with Crippen LogP contribution in [-0.2, 0) is 53.7 Å². The van der Waals surface area contributed by atoms with Crippen LogP contribution in [0.3, 0.4) is 0 Å². The molecule has 4 heterocycles. The quantitative estimate of drug-likeness (QED) is 0.141. The molecule has 0 bridgehead atoms. The summed E-state index contributed by atoms with van der Waals surface area (Å²) in [5.41, 5.74) is 1.34. The van der Waals surface area contributed by atoms with Crippen molar-refractivity contribution in [3.8, 4) is 17.1 Å². The van der Waals surface area contributed by atoms with Crippen LogP contribution in [-0.4, -0.2) is 71.3 Å². The number of nitrogens with zero attached hydrogens (tertiary/aromatic N) is 2. The van der Waals surface area contributed by atoms with E-state index in [1.807, 2.05) is 6.92 Å². The Labute approximate surface area is 265 Å². The van der Waals surface area contributed by atoms with Gasteiger partial charge in [-0.15, -0.1) is 0 Å². The van der Waals surface area contributed by atoms with E-state index in [0.717, 1.165) is 16.5 Å². The number of aryl methyl sites for hydroxylation is 1. The first-order valence-electron chi connectivity index (χ1n) is 15.3. The molecule has 0 unspecified atom stereocenters. The SMILES string of the molecule is CCc1c2c(nc3ccc(OC(=O)COCCOCCNC(=O)OC(C)(C)C)cc13)-c1cc3c(c(=O)n1C2)COC(=O)[C@]3(O)CC. The van der Waals surface area contributed by atoms with E-state index in [1.54, 1.807) is 56.5 Å². The predicted octanol–water partition coefficient (Wildman–Crippen LogP) is 3.11. The van der Waals surface area contributed by atoms with Gasteiger partial charge in [0.15, 0.2) is 5.60 Å². The minimum atomic E-state index is -1.90. The second-order valence-corrected chi connectivity index (χ2v) is 12.1. The molecule has 3 aromatic rings. The van der Waals surface area contributed by atoms with Crippen molar-refractivity contribution in [2.24, 2.45) is 0 Å². The molecule has 13 heteroatoms. The Kier molecular flexibility index (Phi) is 9.47. The van der Waals surface area contributed by atoms with Crippen LogP contribution in [0.1, 0.15) is 63.3 Å². The number of pyridine rings is 2. The number of esters is 2. The fourth-order valence-corrected chi connectivity index (χ4v) is 5.68. The molecule has 0 aliphatic carbocycles. The van der Waals surface area contributed by atoms with Crippen LogP contribution in [0.25, 0.3) is 22.3 Å². The number of ether oxygens (including phenoxy) is 5. The molecule has 1 amide bonds. The molecule has 0 saturated carbocycles. The number of aliphatic hydroxyl groups is 1. The zero-order chi connectivity index (χ0) is 33.2. The van der Waals surface area contributed by atoms with Crippen molar-refractivity contribution in [2.45, 2.75) is 71.8 Å². The Morgan fingerprint density at radius 1 is 1.09 bits per heavy atom. The predicted molar refractivity (Wildman–Crippen MR) is 165 cm³/mol. The van der Waals surface area contributed by atoms with Gasteiger partial charge in [0.2, 0.25) is 0 Å². The smallest absolute Gasteiger partial charge is 0.407 e. The fraction of sp³-hybridized carbons (Fsp3) is 0.485. The van der Waals surface area contributed by atoms with E-state index in [0.29, 0.717) is 29.1 Å². The van der Waals surface area contributed by atoms with Gasteiger partial charge in [0.1, 0.15) is 24.6 Å². The van der Waals surface area contributed by atoms with Gasteiger partial charge in [-0.05, 0) is 63.4 Å². The highest BCUT2D eigenvalue weighted by atomic mass is 16.6. The Bertz CT molecular complexity index is 1740. The van der Waals surface area contributed by atoms with E-state index in [9.17, 15) is 24.3 Å². The number of nitrogens with one attached hydrogen (secondary N) is 1. The highest BCUT2D eigenvalue weighted by Gasteiger charge is 2.45. The number of hydrogen-bond acceptors (Lipinski definition) is 11. The number of amides is 1. The lowest BCUT2D eigenvalue weighted by molar-refractivity contribution is -0.172. The summed E-state index contributed by atoms with van der Waals surface area (Å²) in [5.74, 6) is -1.02. The molecule has 13 nitrogen and oxygen atoms in total. The van der Waals surface area contributed by atoms with Gasteiger partial charge in [-0.2, -0.15) is 0 Å². The van der Waals surface area contributed by atoms with Gasteiger partial charge >= 0.3 is 18.0 Å². The average Bonchev–Trinajstić information content (AvgIpc) is 3.37. The van der Waals surface area contributed by atoms with E-state index in [1.165, 1.54) is 0 Å². The molecule has 46 heavy (non-hydrogen) atoms. The van der Waals surface area contributed by atoms with Gasteiger partial charge in [-0.1, -0.05) is 13.8 Å². The summed E-state index contributed by atoms with van der Waals surface area (Å²) < 4.78 is 28.2. The molecule has 0 radical (unpaired) electrons. The summed E-state index contributed by atoms with van der Waals surface area (Å²) in [5, 5.41) is 14.5. The van der Waals surface area contributed by atoms with Crippen LogP contribution in [0, 0.1) is 0 Å². The minimum Gasteiger partial charge on any atom is -0.458 e. The van der Waals surface area contributed by atoms with Crippen LogP contribution in [0.5, 0.6) is 5.75 Å².